The quantitative estimate of drug-likeness (QED) is 0.489. The Morgan fingerprint density at radius 2 is 1.87 bits per heavy atom. The highest BCUT2D eigenvalue weighted by Crippen LogP contribution is 2.35. The molecule has 0 unspecified atom stereocenters. The summed E-state index contributed by atoms with van der Waals surface area (Å²) < 4.78 is 6.48. The number of nitrogens with zero attached hydrogens (tertiary/aromatic N) is 1. The van der Waals surface area contributed by atoms with Gasteiger partial charge in [0.25, 0.3) is 0 Å². The molecule has 5 nitrogen and oxygen atoms in total. The normalized spacial score (nSPS) is 13.5. The van der Waals surface area contributed by atoms with E-state index in [4.69, 9.17) is 9.84 Å². The fourth-order valence-electron chi connectivity index (χ4n) is 4.20. The van der Waals surface area contributed by atoms with Crippen LogP contribution in [-0.4, -0.2) is 27.4 Å². The van der Waals surface area contributed by atoms with Gasteiger partial charge in [-0.15, -0.1) is 0 Å². The number of ether oxygens (including phenoxy) is 1. The van der Waals surface area contributed by atoms with Crippen molar-refractivity contribution in [1.82, 2.24) is 10.2 Å². The van der Waals surface area contributed by atoms with E-state index in [0.717, 1.165) is 46.2 Å². The third-order valence-electron chi connectivity index (χ3n) is 5.73. The van der Waals surface area contributed by atoms with Crippen molar-refractivity contribution in [3.05, 3.63) is 83.6 Å². The molecule has 3 aromatic carbocycles. The molecule has 1 aromatic heterocycles. The standard InChI is InChI=1S/C25H22N2O3/c28-25(29)10-6-16-5-9-24(30-21-13-17-3-1-2-4-18(17)14-21)22(11-16)19-7-8-23-20(12-19)15-26-27-23/h1-5,7-9,11-12,15,21H,6,10,13-14H2,(H,26,27)(H,28,29). The molecule has 5 heteroatoms. The Balaban J connectivity index is 1.48. The van der Waals surface area contributed by atoms with Crippen molar-refractivity contribution in [2.24, 2.45) is 0 Å². The van der Waals surface area contributed by atoms with E-state index < -0.39 is 5.97 Å². The summed E-state index contributed by atoms with van der Waals surface area (Å²) in [6.07, 6.45) is 4.31. The highest BCUT2D eigenvalue weighted by molar-refractivity contribution is 5.85. The molecule has 0 radical (unpaired) electrons. The molecular formula is C25H22N2O3. The van der Waals surface area contributed by atoms with Gasteiger partial charge < -0.3 is 9.84 Å². The Bertz CT molecular complexity index is 1200. The summed E-state index contributed by atoms with van der Waals surface area (Å²) in [5.74, 6) is 0.0372. The Kier molecular flexibility index (Phi) is 4.71. The van der Waals surface area contributed by atoms with E-state index in [2.05, 4.69) is 46.6 Å². The zero-order chi connectivity index (χ0) is 20.5. The maximum Gasteiger partial charge on any atom is 0.303 e. The minimum absolute atomic E-state index is 0.101. The number of H-pyrrole nitrogens is 1. The minimum Gasteiger partial charge on any atom is -0.489 e. The lowest BCUT2D eigenvalue weighted by atomic mass is 9.98. The topological polar surface area (TPSA) is 75.2 Å². The molecular weight excluding hydrogens is 376 g/mol. The first-order valence-electron chi connectivity index (χ1n) is 10.2. The van der Waals surface area contributed by atoms with E-state index >= 15 is 0 Å². The number of carbonyl (C=O) groups is 1. The Morgan fingerprint density at radius 1 is 1.07 bits per heavy atom. The minimum atomic E-state index is -0.791. The summed E-state index contributed by atoms with van der Waals surface area (Å²) in [4.78, 5) is 11.0. The maximum absolute atomic E-state index is 11.0. The van der Waals surface area contributed by atoms with Crippen LogP contribution >= 0.6 is 0 Å². The van der Waals surface area contributed by atoms with Crippen molar-refractivity contribution in [2.75, 3.05) is 0 Å². The van der Waals surface area contributed by atoms with Crippen LogP contribution in [-0.2, 0) is 24.1 Å². The van der Waals surface area contributed by atoms with Gasteiger partial charge in [-0.3, -0.25) is 9.89 Å². The van der Waals surface area contributed by atoms with Crippen molar-refractivity contribution in [3.8, 4) is 16.9 Å². The van der Waals surface area contributed by atoms with E-state index in [1.165, 1.54) is 11.1 Å². The van der Waals surface area contributed by atoms with Crippen LogP contribution in [0.5, 0.6) is 5.75 Å². The van der Waals surface area contributed by atoms with Gasteiger partial charge in [-0.2, -0.15) is 5.10 Å². The molecule has 0 bridgehead atoms. The highest BCUT2D eigenvalue weighted by Gasteiger charge is 2.23. The number of carboxylic acids is 1. The van der Waals surface area contributed by atoms with Crippen molar-refractivity contribution < 1.29 is 14.6 Å². The lowest BCUT2D eigenvalue weighted by Gasteiger charge is -2.18. The molecule has 0 amide bonds. The van der Waals surface area contributed by atoms with Crippen LogP contribution in [0.25, 0.3) is 22.0 Å². The number of rotatable bonds is 6. The van der Waals surface area contributed by atoms with Gasteiger partial charge in [-0.05, 0) is 52.9 Å². The Morgan fingerprint density at radius 3 is 2.63 bits per heavy atom. The molecule has 0 saturated heterocycles. The fourth-order valence-corrected chi connectivity index (χ4v) is 4.20. The summed E-state index contributed by atoms with van der Waals surface area (Å²) in [5, 5.41) is 17.2. The number of aromatic nitrogens is 2. The van der Waals surface area contributed by atoms with E-state index in [0.29, 0.717) is 6.42 Å². The predicted octanol–water partition coefficient (Wildman–Crippen LogP) is 4.79. The van der Waals surface area contributed by atoms with Crippen LogP contribution in [0.3, 0.4) is 0 Å². The third-order valence-corrected chi connectivity index (χ3v) is 5.73. The fraction of sp³-hybridized carbons (Fsp3) is 0.200. The average Bonchev–Trinajstić information content (AvgIpc) is 3.38. The monoisotopic (exact) mass is 398 g/mol. The summed E-state index contributed by atoms with van der Waals surface area (Å²) in [7, 11) is 0. The van der Waals surface area contributed by atoms with Gasteiger partial charge in [0, 0.05) is 30.2 Å². The zero-order valence-corrected chi connectivity index (χ0v) is 16.5. The van der Waals surface area contributed by atoms with Crippen LogP contribution in [0.1, 0.15) is 23.1 Å². The smallest absolute Gasteiger partial charge is 0.303 e. The number of aliphatic carboxylic acids is 1. The van der Waals surface area contributed by atoms with Crippen molar-refractivity contribution in [2.45, 2.75) is 31.8 Å². The second kappa shape index (κ2) is 7.67. The molecule has 2 N–H and O–H groups in total. The van der Waals surface area contributed by atoms with Gasteiger partial charge in [0.1, 0.15) is 11.9 Å². The molecule has 1 heterocycles. The van der Waals surface area contributed by atoms with E-state index in [9.17, 15) is 4.79 Å². The second-order valence-electron chi connectivity index (χ2n) is 7.81. The van der Waals surface area contributed by atoms with Gasteiger partial charge in [0.05, 0.1) is 11.7 Å². The van der Waals surface area contributed by atoms with Crippen LogP contribution in [0.4, 0.5) is 0 Å². The molecule has 0 spiro atoms. The SMILES string of the molecule is O=C(O)CCc1ccc(OC2Cc3ccccc3C2)c(-c2ccc3[nH]ncc3c2)c1. The first-order chi connectivity index (χ1) is 14.7. The number of aromatic amines is 1. The lowest BCUT2D eigenvalue weighted by molar-refractivity contribution is -0.136. The number of hydrogen-bond acceptors (Lipinski definition) is 3. The van der Waals surface area contributed by atoms with Crippen molar-refractivity contribution in [1.29, 1.82) is 0 Å². The molecule has 150 valence electrons. The van der Waals surface area contributed by atoms with Gasteiger partial charge in [0.15, 0.2) is 0 Å². The number of benzene rings is 3. The summed E-state index contributed by atoms with van der Waals surface area (Å²) in [6, 6.07) is 20.6. The molecule has 0 aliphatic heterocycles. The molecule has 1 aliphatic carbocycles. The summed E-state index contributed by atoms with van der Waals surface area (Å²) >= 11 is 0. The molecule has 4 aromatic rings. The van der Waals surface area contributed by atoms with Crippen LogP contribution < -0.4 is 4.74 Å². The van der Waals surface area contributed by atoms with Crippen molar-refractivity contribution >= 4 is 16.9 Å². The van der Waals surface area contributed by atoms with Crippen LogP contribution in [0.15, 0.2) is 66.9 Å². The van der Waals surface area contributed by atoms with Crippen molar-refractivity contribution in [3.63, 3.8) is 0 Å². The molecule has 0 saturated carbocycles. The average molecular weight is 398 g/mol. The molecule has 0 fully saturated rings. The molecule has 1 aliphatic rings. The van der Waals surface area contributed by atoms with Gasteiger partial charge in [-0.1, -0.05) is 36.4 Å². The number of nitrogens with one attached hydrogen (secondary N) is 1. The zero-order valence-electron chi connectivity index (χ0n) is 16.5. The first kappa shape index (κ1) is 18.4. The predicted molar refractivity (Wildman–Crippen MR) is 116 cm³/mol. The summed E-state index contributed by atoms with van der Waals surface area (Å²) in [6.45, 7) is 0. The maximum atomic E-state index is 11.0. The molecule has 30 heavy (non-hydrogen) atoms. The van der Waals surface area contributed by atoms with Gasteiger partial charge in [-0.25, -0.2) is 0 Å². The molecule has 0 atom stereocenters. The number of carboxylic acid groups (broad SMARTS) is 1. The number of fused-ring (bicyclic) bond motifs is 2. The first-order valence-corrected chi connectivity index (χ1v) is 10.2. The van der Waals surface area contributed by atoms with E-state index in [1.54, 1.807) is 6.20 Å². The van der Waals surface area contributed by atoms with E-state index in [-0.39, 0.29) is 12.5 Å². The molecule has 5 rings (SSSR count). The largest absolute Gasteiger partial charge is 0.489 e. The van der Waals surface area contributed by atoms with Gasteiger partial charge in [0.2, 0.25) is 0 Å². The number of aryl methyl sites for hydroxylation is 1. The van der Waals surface area contributed by atoms with Crippen LogP contribution in [0, 0.1) is 0 Å². The lowest BCUT2D eigenvalue weighted by Crippen LogP contribution is -2.16. The van der Waals surface area contributed by atoms with E-state index in [1.807, 2.05) is 24.3 Å². The Hall–Kier alpha value is -3.60. The Labute approximate surface area is 174 Å². The van der Waals surface area contributed by atoms with Gasteiger partial charge >= 0.3 is 5.97 Å². The third kappa shape index (κ3) is 3.66. The second-order valence-corrected chi connectivity index (χ2v) is 7.81. The summed E-state index contributed by atoms with van der Waals surface area (Å²) in [5.41, 5.74) is 6.68. The van der Waals surface area contributed by atoms with Crippen LogP contribution in [0.2, 0.25) is 0 Å². The number of hydrogen-bond donors (Lipinski definition) is 2. The highest BCUT2D eigenvalue weighted by atomic mass is 16.5.